The van der Waals surface area contributed by atoms with Gasteiger partial charge >= 0.3 is 0 Å². The zero-order chi connectivity index (χ0) is 13.7. The molecule has 2 aromatic heterocycles. The largest absolute Gasteiger partial charge is 0.385 e. The van der Waals surface area contributed by atoms with E-state index in [1.807, 2.05) is 28.8 Å². The first-order chi connectivity index (χ1) is 9.22. The lowest BCUT2D eigenvalue weighted by atomic mass is 10.2. The number of hydrogen-bond acceptors (Lipinski definition) is 5. The van der Waals surface area contributed by atoms with Gasteiger partial charge in [-0.15, -0.1) is 10.2 Å². The molecule has 0 radical (unpaired) electrons. The first-order valence-electron chi connectivity index (χ1n) is 6.03. The predicted octanol–water partition coefficient (Wildman–Crippen LogP) is -0.291. The van der Waals surface area contributed by atoms with Crippen LogP contribution in [0.25, 0.3) is 5.65 Å². The number of carbonyl (C=O) groups is 1. The lowest BCUT2D eigenvalue weighted by molar-refractivity contribution is -0.122. The van der Waals surface area contributed by atoms with Gasteiger partial charge in [0.2, 0.25) is 5.91 Å². The first kappa shape index (κ1) is 13.4. The number of pyridine rings is 1. The summed E-state index contributed by atoms with van der Waals surface area (Å²) >= 11 is 0. The van der Waals surface area contributed by atoms with Gasteiger partial charge in [-0.25, -0.2) is 0 Å². The Morgan fingerprint density at radius 2 is 2.37 bits per heavy atom. The quantitative estimate of drug-likeness (QED) is 0.746. The molecule has 0 aromatic carbocycles. The van der Waals surface area contributed by atoms with Gasteiger partial charge in [-0.3, -0.25) is 9.20 Å². The van der Waals surface area contributed by atoms with Crippen LogP contribution in [-0.2, 0) is 16.1 Å². The summed E-state index contributed by atoms with van der Waals surface area (Å²) in [4.78, 5) is 11.7. The highest BCUT2D eigenvalue weighted by molar-refractivity contribution is 5.81. The van der Waals surface area contributed by atoms with Gasteiger partial charge in [0.25, 0.3) is 0 Å². The van der Waals surface area contributed by atoms with Crippen LogP contribution < -0.4 is 11.1 Å². The topological polar surface area (TPSA) is 94.5 Å². The summed E-state index contributed by atoms with van der Waals surface area (Å²) in [5.74, 6) is 0.452. The molecule has 0 aliphatic heterocycles. The summed E-state index contributed by atoms with van der Waals surface area (Å²) in [6.45, 7) is 0.757. The second-order valence-corrected chi connectivity index (χ2v) is 4.15. The van der Waals surface area contributed by atoms with Gasteiger partial charge in [0.05, 0.1) is 12.6 Å². The minimum absolute atomic E-state index is 0.218. The standard InChI is InChI=1S/C12H17N5O2/c1-19-7-5-9(13)12(18)14-8-11-16-15-10-4-2-3-6-17(10)11/h2-4,6,9H,5,7-8,13H2,1H3,(H,14,18). The van der Waals surface area contributed by atoms with Crippen molar-refractivity contribution in [2.45, 2.75) is 19.0 Å². The molecule has 0 spiro atoms. The highest BCUT2D eigenvalue weighted by atomic mass is 16.5. The van der Waals surface area contributed by atoms with Crippen LogP contribution in [0.15, 0.2) is 24.4 Å². The van der Waals surface area contributed by atoms with Crippen LogP contribution in [0, 0.1) is 0 Å². The van der Waals surface area contributed by atoms with Crippen molar-refractivity contribution in [3.63, 3.8) is 0 Å². The van der Waals surface area contributed by atoms with Crippen molar-refractivity contribution in [2.24, 2.45) is 5.73 Å². The van der Waals surface area contributed by atoms with Gasteiger partial charge in [0, 0.05) is 19.9 Å². The molecule has 0 aliphatic rings. The Morgan fingerprint density at radius 1 is 1.53 bits per heavy atom. The molecule has 7 nitrogen and oxygen atoms in total. The Balaban J connectivity index is 1.93. The molecule has 0 fully saturated rings. The van der Waals surface area contributed by atoms with E-state index in [4.69, 9.17) is 10.5 Å². The Hall–Kier alpha value is -1.99. The molecule has 0 saturated heterocycles. The molecule has 1 amide bonds. The maximum absolute atomic E-state index is 11.7. The van der Waals surface area contributed by atoms with Crippen LogP contribution in [0.4, 0.5) is 0 Å². The molecule has 19 heavy (non-hydrogen) atoms. The molecule has 0 saturated carbocycles. The second kappa shape index (κ2) is 6.26. The number of hydrogen-bond donors (Lipinski definition) is 2. The van der Waals surface area contributed by atoms with E-state index in [0.29, 0.717) is 25.4 Å². The smallest absolute Gasteiger partial charge is 0.237 e. The van der Waals surface area contributed by atoms with Gasteiger partial charge in [-0.2, -0.15) is 0 Å². The molecule has 1 atom stereocenters. The number of methoxy groups -OCH3 is 1. The fourth-order valence-electron chi connectivity index (χ4n) is 1.68. The average molecular weight is 263 g/mol. The number of aromatic nitrogens is 3. The Labute approximate surface area is 110 Å². The van der Waals surface area contributed by atoms with Crippen molar-refractivity contribution in [3.05, 3.63) is 30.2 Å². The van der Waals surface area contributed by atoms with Gasteiger partial charge in [-0.1, -0.05) is 6.07 Å². The number of amides is 1. The van der Waals surface area contributed by atoms with Gasteiger partial charge < -0.3 is 15.8 Å². The fourth-order valence-corrected chi connectivity index (χ4v) is 1.68. The van der Waals surface area contributed by atoms with Crippen molar-refractivity contribution in [3.8, 4) is 0 Å². The summed E-state index contributed by atoms with van der Waals surface area (Å²) < 4.78 is 6.70. The van der Waals surface area contributed by atoms with E-state index in [-0.39, 0.29) is 5.91 Å². The van der Waals surface area contributed by atoms with E-state index in [9.17, 15) is 4.79 Å². The summed E-state index contributed by atoms with van der Waals surface area (Å²) in [6.07, 6.45) is 2.34. The van der Waals surface area contributed by atoms with Gasteiger partial charge in [0.15, 0.2) is 11.5 Å². The van der Waals surface area contributed by atoms with E-state index < -0.39 is 6.04 Å². The number of carbonyl (C=O) groups excluding carboxylic acids is 1. The van der Waals surface area contributed by atoms with E-state index in [1.54, 1.807) is 7.11 Å². The van der Waals surface area contributed by atoms with Crippen molar-refractivity contribution in [1.82, 2.24) is 19.9 Å². The summed E-state index contributed by atoms with van der Waals surface area (Å²) in [7, 11) is 1.58. The normalized spacial score (nSPS) is 12.5. The fraction of sp³-hybridized carbons (Fsp3) is 0.417. The van der Waals surface area contributed by atoms with Crippen LogP contribution in [0.3, 0.4) is 0 Å². The van der Waals surface area contributed by atoms with Crippen LogP contribution in [-0.4, -0.2) is 40.3 Å². The van der Waals surface area contributed by atoms with Crippen LogP contribution in [0.2, 0.25) is 0 Å². The number of nitrogens with two attached hydrogens (primary N) is 1. The first-order valence-corrected chi connectivity index (χ1v) is 6.03. The molecule has 2 heterocycles. The molecule has 3 N–H and O–H groups in total. The average Bonchev–Trinajstić information content (AvgIpc) is 2.85. The monoisotopic (exact) mass is 263 g/mol. The van der Waals surface area contributed by atoms with Crippen molar-refractivity contribution >= 4 is 11.6 Å². The van der Waals surface area contributed by atoms with Gasteiger partial charge in [0.1, 0.15) is 0 Å². The summed E-state index contributed by atoms with van der Waals surface area (Å²) in [5, 5.41) is 10.8. The molecule has 102 valence electrons. The minimum Gasteiger partial charge on any atom is -0.385 e. The van der Waals surface area contributed by atoms with Crippen molar-refractivity contribution in [1.29, 1.82) is 0 Å². The summed E-state index contributed by atoms with van der Waals surface area (Å²) in [5.41, 5.74) is 6.47. The zero-order valence-electron chi connectivity index (χ0n) is 10.7. The van der Waals surface area contributed by atoms with Crippen molar-refractivity contribution < 1.29 is 9.53 Å². The lowest BCUT2D eigenvalue weighted by Gasteiger charge is -2.10. The number of ether oxygens (including phenoxy) is 1. The SMILES string of the molecule is COCCC(N)C(=O)NCc1nnc2ccccn12. The molecule has 0 bridgehead atoms. The number of rotatable bonds is 6. The third kappa shape index (κ3) is 3.27. The Kier molecular flexibility index (Phi) is 4.43. The molecular weight excluding hydrogens is 246 g/mol. The van der Waals surface area contributed by atoms with E-state index in [1.165, 1.54) is 0 Å². The van der Waals surface area contributed by atoms with E-state index in [0.717, 1.165) is 5.65 Å². The maximum Gasteiger partial charge on any atom is 0.237 e. The number of nitrogens with zero attached hydrogens (tertiary/aromatic N) is 3. The Morgan fingerprint density at radius 3 is 3.16 bits per heavy atom. The molecular formula is C12H17N5O2. The zero-order valence-corrected chi connectivity index (χ0v) is 10.7. The maximum atomic E-state index is 11.7. The van der Waals surface area contributed by atoms with Gasteiger partial charge in [-0.05, 0) is 18.6 Å². The van der Waals surface area contributed by atoms with E-state index >= 15 is 0 Å². The number of nitrogens with one attached hydrogen (secondary N) is 1. The minimum atomic E-state index is -0.570. The van der Waals surface area contributed by atoms with Crippen LogP contribution >= 0.6 is 0 Å². The van der Waals surface area contributed by atoms with E-state index in [2.05, 4.69) is 15.5 Å². The third-order valence-electron chi connectivity index (χ3n) is 2.77. The van der Waals surface area contributed by atoms with Crippen LogP contribution in [0.5, 0.6) is 0 Å². The second-order valence-electron chi connectivity index (χ2n) is 4.15. The third-order valence-corrected chi connectivity index (χ3v) is 2.77. The number of fused-ring (bicyclic) bond motifs is 1. The molecule has 0 aliphatic carbocycles. The lowest BCUT2D eigenvalue weighted by Crippen LogP contribution is -2.41. The molecule has 2 rings (SSSR count). The summed E-state index contributed by atoms with van der Waals surface area (Å²) in [6, 6.07) is 5.04. The molecule has 1 unspecified atom stereocenters. The predicted molar refractivity (Wildman–Crippen MR) is 69.3 cm³/mol. The van der Waals surface area contributed by atoms with Crippen molar-refractivity contribution in [2.75, 3.05) is 13.7 Å². The Bertz CT molecular complexity index is 554. The van der Waals surface area contributed by atoms with Crippen LogP contribution in [0.1, 0.15) is 12.2 Å². The molecule has 7 heteroatoms. The highest BCUT2D eigenvalue weighted by Crippen LogP contribution is 2.02. The molecule has 2 aromatic rings. The highest BCUT2D eigenvalue weighted by Gasteiger charge is 2.13.